The highest BCUT2D eigenvalue weighted by atomic mass is 32.2. The smallest absolute Gasteiger partial charge is 0.324 e. The van der Waals surface area contributed by atoms with Crippen LogP contribution in [0.3, 0.4) is 0 Å². The third kappa shape index (κ3) is 2.97. The van der Waals surface area contributed by atoms with Crippen molar-refractivity contribution >= 4 is 28.1 Å². The van der Waals surface area contributed by atoms with Crippen LogP contribution in [-0.2, 0) is 17.9 Å². The van der Waals surface area contributed by atoms with Gasteiger partial charge in [0, 0.05) is 23.2 Å². The number of anilines is 1. The van der Waals surface area contributed by atoms with Crippen molar-refractivity contribution in [2.24, 2.45) is 0 Å². The molecule has 3 heterocycles. The number of hydrogen-bond donors (Lipinski definition) is 0. The molecule has 4 aromatic rings. The molecule has 6 nitrogen and oxygen atoms in total. The topological polar surface area (TPSA) is 74.2 Å². The van der Waals surface area contributed by atoms with Gasteiger partial charge in [0.25, 0.3) is 0 Å². The lowest BCUT2D eigenvalue weighted by Gasteiger charge is -2.17. The van der Waals surface area contributed by atoms with E-state index in [-0.39, 0.29) is 6.01 Å². The van der Waals surface area contributed by atoms with E-state index in [2.05, 4.69) is 15.0 Å². The molecule has 0 amide bonds. The first kappa shape index (κ1) is 16.0. The number of para-hydroxylation sites is 1. The standard InChI is InChI=1S/C20H14N4O2S/c25-27-18-8-4-2-6-15(18)13-24(27)19-9-10-21-20(23-19)26-16-11-14-5-1-3-7-17(14)22-12-16/h1-12H,13H2. The molecular formula is C20H14N4O2S. The molecule has 7 heteroatoms. The van der Waals surface area contributed by atoms with Gasteiger partial charge >= 0.3 is 6.01 Å². The van der Waals surface area contributed by atoms with Crippen molar-refractivity contribution in [3.8, 4) is 11.8 Å². The molecule has 5 rings (SSSR count). The van der Waals surface area contributed by atoms with E-state index in [1.54, 1.807) is 22.8 Å². The molecule has 0 radical (unpaired) electrons. The molecule has 0 spiro atoms. The number of pyridine rings is 1. The Labute approximate surface area is 158 Å². The van der Waals surface area contributed by atoms with Crippen LogP contribution >= 0.6 is 0 Å². The highest BCUT2D eigenvalue weighted by molar-refractivity contribution is 7.93. The zero-order valence-electron chi connectivity index (χ0n) is 14.1. The fourth-order valence-corrected chi connectivity index (χ4v) is 4.35. The van der Waals surface area contributed by atoms with Crippen LogP contribution in [0.1, 0.15) is 5.56 Å². The molecule has 132 valence electrons. The molecule has 1 atom stereocenters. The van der Waals surface area contributed by atoms with Crippen molar-refractivity contribution in [2.45, 2.75) is 11.4 Å². The minimum Gasteiger partial charge on any atom is -0.588 e. The quantitative estimate of drug-likeness (QED) is 0.507. The molecule has 0 fully saturated rings. The zero-order valence-corrected chi connectivity index (χ0v) is 15.0. The molecule has 1 unspecified atom stereocenters. The number of aromatic nitrogens is 3. The molecule has 0 bridgehead atoms. The lowest BCUT2D eigenvalue weighted by Crippen LogP contribution is -2.24. The third-order valence-corrected chi connectivity index (χ3v) is 5.81. The van der Waals surface area contributed by atoms with E-state index in [4.69, 9.17) is 4.74 Å². The Morgan fingerprint density at radius 1 is 1.00 bits per heavy atom. The molecule has 0 saturated heterocycles. The van der Waals surface area contributed by atoms with Gasteiger partial charge in [-0.05, 0) is 18.2 Å². The van der Waals surface area contributed by atoms with Gasteiger partial charge in [-0.2, -0.15) is 9.29 Å². The second-order valence-electron chi connectivity index (χ2n) is 6.06. The van der Waals surface area contributed by atoms with Crippen molar-refractivity contribution in [3.05, 3.63) is 78.6 Å². The number of hydrogen-bond acceptors (Lipinski definition) is 6. The van der Waals surface area contributed by atoms with E-state index in [1.807, 2.05) is 54.6 Å². The lowest BCUT2D eigenvalue weighted by atomic mass is 10.2. The van der Waals surface area contributed by atoms with Crippen molar-refractivity contribution in [2.75, 3.05) is 4.31 Å². The summed E-state index contributed by atoms with van der Waals surface area (Å²) in [7, 11) is 0. The highest BCUT2D eigenvalue weighted by Crippen LogP contribution is 2.34. The maximum Gasteiger partial charge on any atom is 0.324 e. The number of rotatable bonds is 3. The number of fused-ring (bicyclic) bond motifs is 2. The van der Waals surface area contributed by atoms with Crippen LogP contribution in [0.2, 0.25) is 0 Å². The lowest BCUT2D eigenvalue weighted by molar-refractivity contribution is 0.441. The molecular weight excluding hydrogens is 360 g/mol. The molecule has 0 N–H and O–H groups in total. The molecule has 1 aliphatic rings. The Balaban J connectivity index is 1.42. The van der Waals surface area contributed by atoms with Gasteiger partial charge in [0.2, 0.25) is 0 Å². The predicted octanol–water partition coefficient (Wildman–Crippen LogP) is 3.86. The summed E-state index contributed by atoms with van der Waals surface area (Å²) in [5, 5.41) is 0.974. The van der Waals surface area contributed by atoms with Crippen molar-refractivity contribution < 1.29 is 9.29 Å². The third-order valence-electron chi connectivity index (χ3n) is 4.32. The van der Waals surface area contributed by atoms with E-state index in [9.17, 15) is 4.55 Å². The van der Waals surface area contributed by atoms with Crippen LogP contribution in [-0.4, -0.2) is 19.5 Å². The number of nitrogens with zero attached hydrogens (tertiary/aromatic N) is 4. The SMILES string of the molecule is [O-][S+]1c2ccccc2CN1c1ccnc(Oc2cnc3ccccc3c2)n1. The number of benzene rings is 2. The van der Waals surface area contributed by atoms with Gasteiger partial charge in [-0.1, -0.05) is 36.4 Å². The molecule has 2 aromatic heterocycles. The Kier molecular flexibility index (Phi) is 3.88. The van der Waals surface area contributed by atoms with E-state index < -0.39 is 11.4 Å². The minimum absolute atomic E-state index is 0.192. The van der Waals surface area contributed by atoms with Crippen LogP contribution in [0.25, 0.3) is 10.9 Å². The Morgan fingerprint density at radius 2 is 1.85 bits per heavy atom. The van der Waals surface area contributed by atoms with Gasteiger partial charge in [-0.3, -0.25) is 4.98 Å². The second kappa shape index (κ2) is 6.53. The van der Waals surface area contributed by atoms with E-state index in [0.717, 1.165) is 21.4 Å². The van der Waals surface area contributed by atoms with Crippen molar-refractivity contribution in [1.29, 1.82) is 0 Å². The fourth-order valence-electron chi connectivity index (χ4n) is 3.03. The maximum atomic E-state index is 12.7. The predicted molar refractivity (Wildman–Crippen MR) is 103 cm³/mol. The first-order chi connectivity index (χ1) is 13.3. The second-order valence-corrected chi connectivity index (χ2v) is 7.44. The summed E-state index contributed by atoms with van der Waals surface area (Å²) in [6.45, 7) is 0.538. The monoisotopic (exact) mass is 374 g/mol. The molecule has 1 aliphatic heterocycles. The van der Waals surface area contributed by atoms with Gasteiger partial charge in [0.1, 0.15) is 17.1 Å². The van der Waals surface area contributed by atoms with Crippen LogP contribution < -0.4 is 9.04 Å². The molecule has 27 heavy (non-hydrogen) atoms. The first-order valence-corrected chi connectivity index (χ1v) is 9.52. The van der Waals surface area contributed by atoms with Crippen LogP contribution in [0.4, 0.5) is 5.82 Å². The summed E-state index contributed by atoms with van der Waals surface area (Å²) in [5.41, 5.74) is 1.93. The zero-order chi connectivity index (χ0) is 18.2. The van der Waals surface area contributed by atoms with Gasteiger partial charge in [0.15, 0.2) is 10.7 Å². The van der Waals surface area contributed by atoms with Gasteiger partial charge in [-0.25, -0.2) is 4.98 Å². The molecule has 0 saturated carbocycles. The summed E-state index contributed by atoms with van der Waals surface area (Å²) in [6.07, 6.45) is 3.24. The van der Waals surface area contributed by atoms with Crippen molar-refractivity contribution in [1.82, 2.24) is 15.0 Å². The van der Waals surface area contributed by atoms with Gasteiger partial charge in [-0.15, -0.1) is 0 Å². The summed E-state index contributed by atoms with van der Waals surface area (Å²) in [4.78, 5) is 13.8. The van der Waals surface area contributed by atoms with E-state index in [1.165, 1.54) is 0 Å². The summed E-state index contributed by atoms with van der Waals surface area (Å²) >= 11 is -1.28. The highest BCUT2D eigenvalue weighted by Gasteiger charge is 2.35. The molecule has 0 aliphatic carbocycles. The maximum absolute atomic E-state index is 12.7. The summed E-state index contributed by atoms with van der Waals surface area (Å²) in [5.74, 6) is 1.11. The summed E-state index contributed by atoms with van der Waals surface area (Å²) < 4.78 is 20.3. The van der Waals surface area contributed by atoms with E-state index in [0.29, 0.717) is 18.1 Å². The Morgan fingerprint density at radius 3 is 2.78 bits per heavy atom. The van der Waals surface area contributed by atoms with Crippen LogP contribution in [0, 0.1) is 0 Å². The van der Waals surface area contributed by atoms with Crippen LogP contribution in [0.5, 0.6) is 11.8 Å². The Bertz CT molecular complexity index is 1140. The van der Waals surface area contributed by atoms with Crippen molar-refractivity contribution in [3.63, 3.8) is 0 Å². The minimum atomic E-state index is -1.28. The fraction of sp³-hybridized carbons (Fsp3) is 0.0500. The normalized spacial score (nSPS) is 15.7. The molecule has 2 aromatic carbocycles. The van der Waals surface area contributed by atoms with Gasteiger partial charge < -0.3 is 9.29 Å². The number of ether oxygens (including phenoxy) is 1. The van der Waals surface area contributed by atoms with E-state index >= 15 is 0 Å². The Hall–Kier alpha value is -3.16. The van der Waals surface area contributed by atoms with Crippen LogP contribution in [0.15, 0.2) is 78.0 Å². The van der Waals surface area contributed by atoms with Gasteiger partial charge in [0.05, 0.1) is 18.3 Å². The summed E-state index contributed by atoms with van der Waals surface area (Å²) in [6, 6.07) is 19.3. The average Bonchev–Trinajstić information content (AvgIpc) is 3.05. The largest absolute Gasteiger partial charge is 0.588 e. The first-order valence-electron chi connectivity index (χ1n) is 8.41. The average molecular weight is 374 g/mol.